The van der Waals surface area contributed by atoms with Gasteiger partial charge in [0.05, 0.1) is 11.7 Å². The minimum atomic E-state index is -0.0871. The Labute approximate surface area is 162 Å². The number of carbonyl (C=O) groups excluding carboxylic acids is 1. The van der Waals surface area contributed by atoms with Gasteiger partial charge in [-0.15, -0.1) is 10.2 Å². The third-order valence-corrected chi connectivity index (χ3v) is 5.57. The average Bonchev–Trinajstić information content (AvgIpc) is 3.15. The normalized spacial score (nSPS) is 16.9. The summed E-state index contributed by atoms with van der Waals surface area (Å²) in [6.45, 7) is 2.67. The van der Waals surface area contributed by atoms with E-state index >= 15 is 0 Å². The molecule has 0 bridgehead atoms. The maximum absolute atomic E-state index is 13.0. The van der Waals surface area contributed by atoms with E-state index in [9.17, 15) is 4.79 Å². The number of carbonyl (C=O) groups is 1. The lowest BCUT2D eigenvalue weighted by molar-refractivity contribution is 0.161. The molecule has 2 aromatic heterocycles. The predicted octanol–water partition coefficient (Wildman–Crippen LogP) is 4.67. The van der Waals surface area contributed by atoms with Gasteiger partial charge in [0.2, 0.25) is 0 Å². The van der Waals surface area contributed by atoms with Crippen molar-refractivity contribution in [3.63, 3.8) is 0 Å². The number of aryl methyl sites for hydroxylation is 1. The number of likely N-dealkylation sites (tertiary alicyclic amines) is 1. The van der Waals surface area contributed by atoms with Crippen LogP contribution in [-0.4, -0.2) is 32.7 Å². The number of aromatic nitrogens is 3. The highest BCUT2D eigenvalue weighted by Gasteiger charge is 2.28. The molecule has 1 aliphatic rings. The van der Waals surface area contributed by atoms with Crippen molar-refractivity contribution in [1.82, 2.24) is 20.1 Å². The van der Waals surface area contributed by atoms with E-state index in [1.165, 1.54) is 0 Å². The van der Waals surface area contributed by atoms with Crippen molar-refractivity contribution >= 4 is 23.1 Å². The Morgan fingerprint density at radius 1 is 1.19 bits per heavy atom. The fourth-order valence-electron chi connectivity index (χ4n) is 3.39. The van der Waals surface area contributed by atoms with Crippen LogP contribution in [0.1, 0.15) is 36.0 Å². The predicted molar refractivity (Wildman–Crippen MR) is 107 cm³/mol. The minimum absolute atomic E-state index is 0.0222. The van der Waals surface area contributed by atoms with Crippen molar-refractivity contribution in [3.05, 3.63) is 59.4 Å². The molecule has 3 aromatic rings. The number of benzene rings is 1. The molecule has 138 valence electrons. The number of anilines is 1. The van der Waals surface area contributed by atoms with E-state index < -0.39 is 0 Å². The summed E-state index contributed by atoms with van der Waals surface area (Å²) < 4.78 is 0. The Hall–Kier alpha value is -2.80. The van der Waals surface area contributed by atoms with Crippen molar-refractivity contribution < 1.29 is 4.79 Å². The Balaban J connectivity index is 1.52. The average molecular weight is 379 g/mol. The van der Waals surface area contributed by atoms with E-state index in [0.717, 1.165) is 52.8 Å². The van der Waals surface area contributed by atoms with Gasteiger partial charge >= 0.3 is 6.03 Å². The Morgan fingerprint density at radius 3 is 2.89 bits per heavy atom. The van der Waals surface area contributed by atoms with Crippen molar-refractivity contribution in [2.45, 2.75) is 32.2 Å². The third kappa shape index (κ3) is 3.98. The number of pyridine rings is 1. The Bertz CT molecular complexity index is 927. The molecular weight excluding hydrogens is 358 g/mol. The zero-order valence-corrected chi connectivity index (χ0v) is 15.9. The summed E-state index contributed by atoms with van der Waals surface area (Å²) in [6.07, 6.45) is 4.85. The standard InChI is InChI=1S/C20H21N5OS/c1-14-23-24-19(27-14)15-7-6-8-16(13-15)22-20(26)25-12-5-3-10-18(25)17-9-2-4-11-21-17/h2,4,6-9,11,13,18H,3,5,10,12H2,1H3,(H,22,26)/t18-/m0/s1. The Kier molecular flexibility index (Phi) is 5.11. The van der Waals surface area contributed by atoms with Gasteiger partial charge in [-0.1, -0.05) is 29.5 Å². The monoisotopic (exact) mass is 379 g/mol. The molecule has 3 heterocycles. The summed E-state index contributed by atoms with van der Waals surface area (Å²) in [5.41, 5.74) is 2.67. The minimum Gasteiger partial charge on any atom is -0.316 e. The lowest BCUT2D eigenvalue weighted by Gasteiger charge is -2.35. The van der Waals surface area contributed by atoms with Crippen molar-refractivity contribution in [2.75, 3.05) is 11.9 Å². The van der Waals surface area contributed by atoms with E-state index in [0.29, 0.717) is 0 Å². The number of piperidine rings is 1. The molecule has 0 radical (unpaired) electrons. The third-order valence-electron chi connectivity index (χ3n) is 4.68. The van der Waals surface area contributed by atoms with Crippen LogP contribution in [0.5, 0.6) is 0 Å². The summed E-state index contributed by atoms with van der Waals surface area (Å²) in [5.74, 6) is 0. The number of hydrogen-bond acceptors (Lipinski definition) is 5. The molecule has 0 unspecified atom stereocenters. The highest BCUT2D eigenvalue weighted by molar-refractivity contribution is 7.14. The Morgan fingerprint density at radius 2 is 2.11 bits per heavy atom. The topological polar surface area (TPSA) is 71.0 Å². The summed E-state index contributed by atoms with van der Waals surface area (Å²) in [5, 5.41) is 13.1. The molecule has 1 fully saturated rings. The largest absolute Gasteiger partial charge is 0.322 e. The molecule has 0 spiro atoms. The van der Waals surface area contributed by atoms with Crippen LogP contribution < -0.4 is 5.32 Å². The fourth-order valence-corrected chi connectivity index (χ4v) is 4.08. The van der Waals surface area contributed by atoms with Crippen molar-refractivity contribution in [3.8, 4) is 10.6 Å². The van der Waals surface area contributed by atoms with Crippen LogP contribution in [-0.2, 0) is 0 Å². The molecular formula is C20H21N5OS. The van der Waals surface area contributed by atoms with E-state index in [1.54, 1.807) is 17.5 Å². The molecule has 2 amide bonds. The number of urea groups is 1. The number of rotatable bonds is 3. The van der Waals surface area contributed by atoms with Gasteiger partial charge < -0.3 is 10.2 Å². The van der Waals surface area contributed by atoms with Crippen LogP contribution in [0.4, 0.5) is 10.5 Å². The van der Waals surface area contributed by atoms with Gasteiger partial charge in [-0.3, -0.25) is 4.98 Å². The number of amides is 2. The van der Waals surface area contributed by atoms with Crippen LogP contribution in [0.15, 0.2) is 48.7 Å². The first-order chi connectivity index (χ1) is 13.2. The molecule has 0 saturated carbocycles. The number of hydrogen-bond donors (Lipinski definition) is 1. The van der Waals surface area contributed by atoms with Crippen LogP contribution in [0.2, 0.25) is 0 Å². The highest BCUT2D eigenvalue weighted by Crippen LogP contribution is 2.31. The van der Waals surface area contributed by atoms with Crippen LogP contribution >= 0.6 is 11.3 Å². The van der Waals surface area contributed by atoms with E-state index in [-0.39, 0.29) is 12.1 Å². The van der Waals surface area contributed by atoms with Gasteiger partial charge in [0.25, 0.3) is 0 Å². The molecule has 1 saturated heterocycles. The molecule has 1 N–H and O–H groups in total. The number of nitrogens with zero attached hydrogens (tertiary/aromatic N) is 4. The molecule has 7 heteroatoms. The first-order valence-corrected chi connectivity index (χ1v) is 9.91. The van der Waals surface area contributed by atoms with Gasteiger partial charge in [0.1, 0.15) is 10.0 Å². The van der Waals surface area contributed by atoms with Gasteiger partial charge in [0, 0.05) is 24.0 Å². The zero-order valence-electron chi connectivity index (χ0n) is 15.1. The second-order valence-electron chi connectivity index (χ2n) is 6.60. The first-order valence-electron chi connectivity index (χ1n) is 9.10. The van der Waals surface area contributed by atoms with Gasteiger partial charge in [-0.25, -0.2) is 4.79 Å². The molecule has 27 heavy (non-hydrogen) atoms. The molecule has 1 aliphatic heterocycles. The molecule has 0 aliphatic carbocycles. The van der Waals surface area contributed by atoms with Gasteiger partial charge in [0.15, 0.2) is 0 Å². The summed E-state index contributed by atoms with van der Waals surface area (Å²) in [7, 11) is 0. The fraction of sp³-hybridized carbons (Fsp3) is 0.300. The molecule has 1 aromatic carbocycles. The first kappa shape index (κ1) is 17.6. The van der Waals surface area contributed by atoms with Crippen LogP contribution in [0, 0.1) is 6.92 Å². The second kappa shape index (κ2) is 7.84. The van der Waals surface area contributed by atoms with Crippen LogP contribution in [0.3, 0.4) is 0 Å². The lowest BCUT2D eigenvalue weighted by Crippen LogP contribution is -2.41. The number of nitrogens with one attached hydrogen (secondary N) is 1. The van der Waals surface area contributed by atoms with Crippen LogP contribution in [0.25, 0.3) is 10.6 Å². The quantitative estimate of drug-likeness (QED) is 0.718. The van der Waals surface area contributed by atoms with Gasteiger partial charge in [-0.05, 0) is 50.5 Å². The summed E-state index contributed by atoms with van der Waals surface area (Å²) >= 11 is 1.54. The lowest BCUT2D eigenvalue weighted by atomic mass is 9.99. The molecule has 6 nitrogen and oxygen atoms in total. The van der Waals surface area contributed by atoms with E-state index in [4.69, 9.17) is 0 Å². The highest BCUT2D eigenvalue weighted by atomic mass is 32.1. The second-order valence-corrected chi connectivity index (χ2v) is 7.78. The SMILES string of the molecule is Cc1nnc(-c2cccc(NC(=O)N3CCCC[C@H]3c3ccccn3)c2)s1. The summed E-state index contributed by atoms with van der Waals surface area (Å²) in [6, 6.07) is 13.5. The zero-order chi connectivity index (χ0) is 18.6. The molecule has 1 atom stereocenters. The van der Waals surface area contributed by atoms with Crippen molar-refractivity contribution in [1.29, 1.82) is 0 Å². The maximum Gasteiger partial charge on any atom is 0.322 e. The van der Waals surface area contributed by atoms with Gasteiger partial charge in [-0.2, -0.15) is 0 Å². The van der Waals surface area contributed by atoms with E-state index in [1.807, 2.05) is 54.3 Å². The molecule has 4 rings (SSSR count). The van der Waals surface area contributed by atoms with E-state index in [2.05, 4.69) is 20.5 Å². The van der Waals surface area contributed by atoms with Crippen molar-refractivity contribution in [2.24, 2.45) is 0 Å². The smallest absolute Gasteiger partial charge is 0.316 e. The maximum atomic E-state index is 13.0. The summed E-state index contributed by atoms with van der Waals surface area (Å²) in [4.78, 5) is 19.3.